The van der Waals surface area contributed by atoms with E-state index in [1.807, 2.05) is 24.3 Å². The van der Waals surface area contributed by atoms with Crippen molar-refractivity contribution < 1.29 is 19.1 Å². The normalized spacial score (nSPS) is 12.5. The molecule has 0 aromatic heterocycles. The van der Waals surface area contributed by atoms with Crippen molar-refractivity contribution in [2.45, 2.75) is 32.3 Å². The Bertz CT molecular complexity index is 473. The highest BCUT2D eigenvalue weighted by Crippen LogP contribution is 2.24. The molecule has 0 aliphatic carbocycles. The number of benzene rings is 1. The van der Waals surface area contributed by atoms with Crippen molar-refractivity contribution in [1.82, 2.24) is 0 Å². The summed E-state index contributed by atoms with van der Waals surface area (Å²) >= 11 is 3.35. The Morgan fingerprint density at radius 2 is 2.00 bits per heavy atom. The summed E-state index contributed by atoms with van der Waals surface area (Å²) in [5.74, 6) is 0.670. The first-order chi connectivity index (χ1) is 9.82. The highest BCUT2D eigenvalue weighted by atomic mass is 79.9. The molecule has 0 saturated heterocycles. The van der Waals surface area contributed by atoms with Gasteiger partial charge < -0.3 is 20.0 Å². The summed E-state index contributed by atoms with van der Waals surface area (Å²) < 4.78 is 11.7. The van der Waals surface area contributed by atoms with E-state index in [0.29, 0.717) is 19.4 Å². The zero-order chi connectivity index (χ0) is 15.9. The number of ether oxygens (including phenoxy) is 2. The molecule has 1 aromatic carbocycles. The topological polar surface area (TPSA) is 78.6 Å². The lowest BCUT2D eigenvalue weighted by atomic mass is 9.92. The van der Waals surface area contributed by atoms with Crippen molar-refractivity contribution in [2.24, 2.45) is 11.7 Å². The Morgan fingerprint density at radius 3 is 2.52 bits per heavy atom. The van der Waals surface area contributed by atoms with Crippen LogP contribution in [0.25, 0.3) is 0 Å². The summed E-state index contributed by atoms with van der Waals surface area (Å²) in [7, 11) is 0. The van der Waals surface area contributed by atoms with E-state index >= 15 is 0 Å². The molecule has 1 atom stereocenters. The molecule has 116 valence electrons. The fraction of sp³-hybridized carbons (Fsp3) is 0.467. The minimum absolute atomic E-state index is 0.0551. The van der Waals surface area contributed by atoms with Crippen LogP contribution in [0.1, 0.15) is 26.7 Å². The quantitative estimate of drug-likeness (QED) is 0.724. The number of carbonyl (C=O) groups excluding carboxylic acids is 2. The first-order valence-corrected chi connectivity index (χ1v) is 7.42. The van der Waals surface area contributed by atoms with Crippen molar-refractivity contribution >= 4 is 28.3 Å². The number of carbonyl (C=O) groups is 2. The molecule has 1 rings (SSSR count). The summed E-state index contributed by atoms with van der Waals surface area (Å²) in [6.45, 7) is 3.89. The third kappa shape index (κ3) is 7.13. The number of amides is 1. The number of hydrogen-bond acceptors (Lipinski definition) is 4. The second kappa shape index (κ2) is 8.02. The fourth-order valence-corrected chi connectivity index (χ4v) is 2.36. The van der Waals surface area contributed by atoms with Crippen LogP contribution in [0.15, 0.2) is 28.7 Å². The van der Waals surface area contributed by atoms with Crippen LogP contribution in [-0.2, 0) is 9.53 Å². The van der Waals surface area contributed by atoms with Gasteiger partial charge in [-0.1, -0.05) is 15.9 Å². The zero-order valence-electron chi connectivity index (χ0n) is 12.2. The minimum Gasteiger partial charge on any atom is -0.493 e. The van der Waals surface area contributed by atoms with Crippen molar-refractivity contribution in [3.05, 3.63) is 28.7 Å². The lowest BCUT2D eigenvalue weighted by Gasteiger charge is -2.28. The Kier molecular flexibility index (Phi) is 6.68. The van der Waals surface area contributed by atoms with Crippen LogP contribution in [0.4, 0.5) is 4.79 Å². The van der Waals surface area contributed by atoms with Gasteiger partial charge in [0.15, 0.2) is 0 Å². The minimum atomic E-state index is -0.821. The van der Waals surface area contributed by atoms with Crippen LogP contribution in [-0.4, -0.2) is 24.6 Å². The van der Waals surface area contributed by atoms with E-state index in [0.717, 1.165) is 16.5 Å². The standard InChI is InChI=1S/C15H20BrNO4/c1-15(2,21-14(17)19)9-11(7-8-18)10-20-13-5-3-12(16)4-6-13/h3-6,8,11H,7,9-10H2,1-2H3,(H2,17,19). The van der Waals surface area contributed by atoms with Gasteiger partial charge in [-0.05, 0) is 44.5 Å². The van der Waals surface area contributed by atoms with E-state index in [9.17, 15) is 9.59 Å². The van der Waals surface area contributed by atoms with Crippen molar-refractivity contribution in [3.63, 3.8) is 0 Å². The van der Waals surface area contributed by atoms with Gasteiger partial charge in [0.05, 0.1) is 6.61 Å². The van der Waals surface area contributed by atoms with Gasteiger partial charge >= 0.3 is 6.09 Å². The average molecular weight is 358 g/mol. The van der Waals surface area contributed by atoms with E-state index in [2.05, 4.69) is 15.9 Å². The molecule has 0 fully saturated rings. The number of aldehydes is 1. The SMILES string of the molecule is CC(C)(CC(CC=O)COc1ccc(Br)cc1)OC(N)=O. The third-order valence-corrected chi connectivity index (χ3v) is 3.41. The van der Waals surface area contributed by atoms with Crippen molar-refractivity contribution in [2.75, 3.05) is 6.61 Å². The smallest absolute Gasteiger partial charge is 0.405 e. The number of halogens is 1. The predicted octanol–water partition coefficient (Wildman–Crippen LogP) is 3.30. The highest BCUT2D eigenvalue weighted by Gasteiger charge is 2.27. The van der Waals surface area contributed by atoms with E-state index < -0.39 is 11.7 Å². The molecule has 0 heterocycles. The Morgan fingerprint density at radius 1 is 1.38 bits per heavy atom. The summed E-state index contributed by atoms with van der Waals surface area (Å²) in [6, 6.07) is 7.44. The maximum Gasteiger partial charge on any atom is 0.405 e. The summed E-state index contributed by atoms with van der Waals surface area (Å²) in [5, 5.41) is 0. The summed E-state index contributed by atoms with van der Waals surface area (Å²) in [6.07, 6.45) is 0.849. The largest absolute Gasteiger partial charge is 0.493 e. The van der Waals surface area contributed by atoms with E-state index in [1.54, 1.807) is 13.8 Å². The maximum absolute atomic E-state index is 10.9. The van der Waals surface area contributed by atoms with Gasteiger partial charge in [-0.2, -0.15) is 0 Å². The van der Waals surface area contributed by atoms with Crippen molar-refractivity contribution in [3.8, 4) is 5.75 Å². The van der Waals surface area contributed by atoms with Gasteiger partial charge in [-0.3, -0.25) is 0 Å². The Labute approximate surface area is 132 Å². The molecular formula is C15H20BrNO4. The lowest BCUT2D eigenvalue weighted by Crippen LogP contribution is -2.34. The molecule has 0 aliphatic heterocycles. The second-order valence-corrected chi connectivity index (χ2v) is 6.33. The molecule has 2 N–H and O–H groups in total. The molecule has 1 unspecified atom stereocenters. The van der Waals surface area contributed by atoms with Gasteiger partial charge in [-0.15, -0.1) is 0 Å². The van der Waals surface area contributed by atoms with Gasteiger partial charge in [0.2, 0.25) is 0 Å². The molecule has 6 heteroatoms. The molecule has 5 nitrogen and oxygen atoms in total. The third-order valence-electron chi connectivity index (χ3n) is 2.89. The van der Waals surface area contributed by atoms with Gasteiger partial charge in [-0.25, -0.2) is 4.79 Å². The lowest BCUT2D eigenvalue weighted by molar-refractivity contribution is -0.109. The number of hydrogen-bond donors (Lipinski definition) is 1. The maximum atomic E-state index is 10.9. The number of nitrogens with two attached hydrogens (primary N) is 1. The molecule has 0 saturated carbocycles. The van der Waals surface area contributed by atoms with Crippen LogP contribution < -0.4 is 10.5 Å². The average Bonchev–Trinajstić information content (AvgIpc) is 2.36. The van der Waals surface area contributed by atoms with E-state index in [4.69, 9.17) is 15.2 Å². The van der Waals surface area contributed by atoms with E-state index in [-0.39, 0.29) is 5.92 Å². The molecule has 0 radical (unpaired) electrons. The van der Waals surface area contributed by atoms with Crippen LogP contribution in [0.3, 0.4) is 0 Å². The van der Waals surface area contributed by atoms with Gasteiger partial charge in [0, 0.05) is 16.8 Å². The van der Waals surface area contributed by atoms with Crippen LogP contribution >= 0.6 is 15.9 Å². The predicted molar refractivity (Wildman–Crippen MR) is 83.2 cm³/mol. The summed E-state index contributed by atoms with van der Waals surface area (Å²) in [4.78, 5) is 21.6. The molecule has 21 heavy (non-hydrogen) atoms. The van der Waals surface area contributed by atoms with E-state index in [1.165, 1.54) is 0 Å². The first kappa shape index (κ1) is 17.5. The van der Waals surface area contributed by atoms with Gasteiger partial charge in [0.1, 0.15) is 17.6 Å². The van der Waals surface area contributed by atoms with Gasteiger partial charge in [0.25, 0.3) is 0 Å². The molecule has 0 aliphatic rings. The highest BCUT2D eigenvalue weighted by molar-refractivity contribution is 9.10. The second-order valence-electron chi connectivity index (χ2n) is 5.42. The van der Waals surface area contributed by atoms with Crippen molar-refractivity contribution in [1.29, 1.82) is 0 Å². The molecule has 1 aromatic rings. The molecular weight excluding hydrogens is 338 g/mol. The molecule has 1 amide bonds. The number of rotatable bonds is 8. The van der Waals surface area contributed by atoms with Crippen LogP contribution in [0.2, 0.25) is 0 Å². The monoisotopic (exact) mass is 357 g/mol. The summed E-state index contributed by atoms with van der Waals surface area (Å²) in [5.41, 5.74) is 4.31. The fourth-order valence-electron chi connectivity index (χ4n) is 2.10. The Hall–Kier alpha value is -1.56. The number of primary amides is 1. The van der Waals surface area contributed by atoms with Crippen LogP contribution in [0, 0.1) is 5.92 Å². The molecule has 0 spiro atoms. The zero-order valence-corrected chi connectivity index (χ0v) is 13.8. The first-order valence-electron chi connectivity index (χ1n) is 6.63. The molecule has 0 bridgehead atoms. The van der Waals surface area contributed by atoms with Crippen LogP contribution in [0.5, 0.6) is 5.75 Å². The Balaban J connectivity index is 2.58.